The predicted molar refractivity (Wildman–Crippen MR) is 49.7 cm³/mol. The van der Waals surface area contributed by atoms with Crippen LogP contribution in [-0.2, 0) is 0 Å². The number of halogens is 1. The van der Waals surface area contributed by atoms with Crippen LogP contribution in [0.4, 0.5) is 4.70 Å². The predicted octanol–water partition coefficient (Wildman–Crippen LogP) is 2.53. The minimum Gasteiger partial charge on any atom is -0.306 e. The van der Waals surface area contributed by atoms with Gasteiger partial charge in [-0.15, -0.1) is 0 Å². The van der Waals surface area contributed by atoms with Gasteiger partial charge in [-0.1, -0.05) is 27.2 Å². The summed E-state index contributed by atoms with van der Waals surface area (Å²) in [6.45, 7) is 9.29. The van der Waals surface area contributed by atoms with Crippen LogP contribution in [0.25, 0.3) is 0 Å². The number of rotatable bonds is 5. The maximum Gasteiger partial charge on any atom is 0.000386 e. The summed E-state index contributed by atoms with van der Waals surface area (Å²) in [5.41, 5.74) is 0. The lowest BCUT2D eigenvalue weighted by atomic mass is 10.1. The Bertz CT molecular complexity index is 76.0. The molecule has 0 spiro atoms. The topological polar surface area (TPSA) is 3.24 Å². The molecule has 0 N–H and O–H groups in total. The number of nitrogens with zero attached hydrogens (tertiary/aromatic N) is 1. The highest BCUT2D eigenvalue weighted by atomic mass is 19.0. The van der Waals surface area contributed by atoms with Gasteiger partial charge >= 0.3 is 0 Å². The summed E-state index contributed by atoms with van der Waals surface area (Å²) in [6, 6.07) is 0. The van der Waals surface area contributed by atoms with E-state index in [1.807, 2.05) is 0 Å². The van der Waals surface area contributed by atoms with E-state index in [0.717, 1.165) is 5.92 Å². The van der Waals surface area contributed by atoms with Crippen molar-refractivity contribution >= 4 is 0 Å². The van der Waals surface area contributed by atoms with Crippen LogP contribution in [0.2, 0.25) is 0 Å². The molecule has 0 aromatic carbocycles. The largest absolute Gasteiger partial charge is 0.306 e. The molecule has 1 nitrogen and oxygen atoms in total. The first-order valence-corrected chi connectivity index (χ1v) is 4.39. The molecule has 0 fully saturated rings. The van der Waals surface area contributed by atoms with Gasteiger partial charge in [-0.25, -0.2) is 0 Å². The van der Waals surface area contributed by atoms with Crippen LogP contribution < -0.4 is 0 Å². The number of hydrogen-bond acceptors (Lipinski definition) is 1. The molecule has 70 valence electrons. The normalized spacial score (nSPS) is 12.8. The molecule has 0 bridgehead atoms. The summed E-state index contributed by atoms with van der Waals surface area (Å²) in [5, 5.41) is 0. The van der Waals surface area contributed by atoms with Crippen molar-refractivity contribution in [2.45, 2.75) is 33.6 Å². The van der Waals surface area contributed by atoms with E-state index in [-0.39, 0.29) is 4.70 Å². The molecule has 0 aromatic rings. The van der Waals surface area contributed by atoms with Crippen LogP contribution in [0.1, 0.15) is 33.6 Å². The SMILES string of the molecule is CCCN(C)CC(C)CC.F. The molecule has 0 aromatic heterocycles. The zero-order chi connectivity index (χ0) is 7.98. The van der Waals surface area contributed by atoms with Gasteiger partial charge in [0.25, 0.3) is 0 Å². The maximum atomic E-state index is 2.41. The molecule has 0 radical (unpaired) electrons. The molecule has 1 unspecified atom stereocenters. The molecule has 0 aliphatic carbocycles. The van der Waals surface area contributed by atoms with Gasteiger partial charge in [0.15, 0.2) is 0 Å². The fourth-order valence-electron chi connectivity index (χ4n) is 1.13. The monoisotopic (exact) mass is 163 g/mol. The summed E-state index contributed by atoms with van der Waals surface area (Å²) >= 11 is 0. The maximum absolute atomic E-state index is 2.41. The average Bonchev–Trinajstić information content (AvgIpc) is 1.88. The fourth-order valence-corrected chi connectivity index (χ4v) is 1.13. The molecule has 2 heteroatoms. The third-order valence-electron chi connectivity index (χ3n) is 1.93. The third-order valence-corrected chi connectivity index (χ3v) is 1.93. The minimum atomic E-state index is 0. The Labute approximate surface area is 70.1 Å². The van der Waals surface area contributed by atoms with Gasteiger partial charge < -0.3 is 4.90 Å². The lowest BCUT2D eigenvalue weighted by Gasteiger charge is -2.19. The number of hydrogen-bond donors (Lipinski definition) is 0. The third kappa shape index (κ3) is 7.79. The molecule has 0 saturated heterocycles. The second-order valence-electron chi connectivity index (χ2n) is 3.28. The van der Waals surface area contributed by atoms with E-state index in [1.165, 1.54) is 25.9 Å². The van der Waals surface area contributed by atoms with Crippen LogP contribution in [0, 0.1) is 5.92 Å². The molecule has 0 heterocycles. The lowest BCUT2D eigenvalue weighted by molar-refractivity contribution is 0.283. The van der Waals surface area contributed by atoms with E-state index < -0.39 is 0 Å². The Morgan fingerprint density at radius 1 is 1.27 bits per heavy atom. The Morgan fingerprint density at radius 2 is 1.82 bits per heavy atom. The summed E-state index contributed by atoms with van der Waals surface area (Å²) in [6.07, 6.45) is 2.57. The molecule has 0 aliphatic heterocycles. The van der Waals surface area contributed by atoms with Crippen molar-refractivity contribution in [1.29, 1.82) is 0 Å². The molecular weight excluding hydrogens is 141 g/mol. The average molecular weight is 163 g/mol. The van der Waals surface area contributed by atoms with Crippen LogP contribution in [-0.4, -0.2) is 25.0 Å². The highest BCUT2D eigenvalue weighted by Crippen LogP contribution is 2.02. The zero-order valence-corrected chi connectivity index (χ0v) is 8.26. The zero-order valence-electron chi connectivity index (χ0n) is 8.26. The van der Waals surface area contributed by atoms with Gasteiger partial charge in [0, 0.05) is 6.54 Å². The minimum absolute atomic E-state index is 0. The van der Waals surface area contributed by atoms with E-state index in [4.69, 9.17) is 0 Å². The summed E-state index contributed by atoms with van der Waals surface area (Å²) < 4.78 is 0. The Morgan fingerprint density at radius 3 is 2.18 bits per heavy atom. The van der Waals surface area contributed by atoms with Crippen molar-refractivity contribution in [2.24, 2.45) is 5.92 Å². The Hall–Kier alpha value is -0.110. The molecule has 0 amide bonds. The first kappa shape index (κ1) is 13.5. The van der Waals surface area contributed by atoms with Crippen molar-refractivity contribution in [1.82, 2.24) is 4.90 Å². The van der Waals surface area contributed by atoms with Gasteiger partial charge in [-0.05, 0) is 25.9 Å². The van der Waals surface area contributed by atoms with Crippen molar-refractivity contribution in [3.8, 4) is 0 Å². The standard InChI is InChI=1S/C9H21N.FH/c1-5-7-10(4)8-9(3)6-2;/h9H,5-8H2,1-4H3;1H. The van der Waals surface area contributed by atoms with Gasteiger partial charge in [0.05, 0.1) is 0 Å². The van der Waals surface area contributed by atoms with E-state index in [9.17, 15) is 0 Å². The second-order valence-corrected chi connectivity index (χ2v) is 3.28. The highest BCUT2D eigenvalue weighted by molar-refractivity contribution is 4.55. The molecule has 0 aliphatic rings. The summed E-state index contributed by atoms with van der Waals surface area (Å²) in [4.78, 5) is 2.41. The van der Waals surface area contributed by atoms with Gasteiger partial charge in [-0.3, -0.25) is 4.70 Å². The first-order valence-electron chi connectivity index (χ1n) is 4.39. The van der Waals surface area contributed by atoms with E-state index in [1.54, 1.807) is 0 Å². The smallest absolute Gasteiger partial charge is 0.000386 e. The van der Waals surface area contributed by atoms with Gasteiger partial charge in [-0.2, -0.15) is 0 Å². The lowest BCUT2D eigenvalue weighted by Crippen LogP contribution is -2.24. The van der Waals surface area contributed by atoms with Gasteiger partial charge in [0.2, 0.25) is 0 Å². The Kier molecular flexibility index (Phi) is 9.79. The fraction of sp³-hybridized carbons (Fsp3) is 1.00. The summed E-state index contributed by atoms with van der Waals surface area (Å²) in [5.74, 6) is 0.858. The second kappa shape index (κ2) is 7.99. The molecule has 0 saturated carbocycles. The first-order chi connectivity index (χ1) is 4.70. The van der Waals surface area contributed by atoms with Crippen molar-refractivity contribution < 1.29 is 4.70 Å². The van der Waals surface area contributed by atoms with E-state index in [2.05, 4.69) is 32.7 Å². The quantitative estimate of drug-likeness (QED) is 0.602. The van der Waals surface area contributed by atoms with E-state index >= 15 is 0 Å². The summed E-state index contributed by atoms with van der Waals surface area (Å²) in [7, 11) is 2.20. The van der Waals surface area contributed by atoms with Crippen LogP contribution in [0.5, 0.6) is 0 Å². The highest BCUT2D eigenvalue weighted by Gasteiger charge is 2.01. The van der Waals surface area contributed by atoms with Crippen molar-refractivity contribution in [2.75, 3.05) is 20.1 Å². The molecule has 11 heavy (non-hydrogen) atoms. The van der Waals surface area contributed by atoms with Crippen LogP contribution >= 0.6 is 0 Å². The van der Waals surface area contributed by atoms with Gasteiger partial charge in [0.1, 0.15) is 0 Å². The van der Waals surface area contributed by atoms with E-state index in [0.29, 0.717) is 0 Å². The molecule has 0 rings (SSSR count). The molecular formula is C9H22FN. The van der Waals surface area contributed by atoms with Crippen molar-refractivity contribution in [3.63, 3.8) is 0 Å². The van der Waals surface area contributed by atoms with Crippen molar-refractivity contribution in [3.05, 3.63) is 0 Å². The van der Waals surface area contributed by atoms with Crippen LogP contribution in [0.3, 0.4) is 0 Å². The molecule has 1 atom stereocenters. The van der Waals surface area contributed by atoms with Crippen LogP contribution in [0.15, 0.2) is 0 Å². The Balaban J connectivity index is 0.